The fourth-order valence-corrected chi connectivity index (χ4v) is 3.87. The number of aliphatic carboxylic acids is 1. The van der Waals surface area contributed by atoms with Crippen molar-refractivity contribution in [3.05, 3.63) is 0 Å². The van der Waals surface area contributed by atoms with E-state index in [0.29, 0.717) is 18.1 Å². The Morgan fingerprint density at radius 3 is 2.48 bits per heavy atom. The minimum absolute atomic E-state index is 0.407. The van der Waals surface area contributed by atoms with Crippen LogP contribution in [0.25, 0.3) is 0 Å². The van der Waals surface area contributed by atoms with Crippen molar-refractivity contribution in [2.75, 3.05) is 26.7 Å². The van der Waals surface area contributed by atoms with Crippen LogP contribution in [0.3, 0.4) is 0 Å². The lowest BCUT2D eigenvalue weighted by Gasteiger charge is -2.45. The monoisotopic (exact) mass is 297 g/mol. The number of carboxylic acid groups (broad SMARTS) is 1. The number of nitrogens with one attached hydrogen (secondary N) is 1. The molecule has 0 bridgehead atoms. The lowest BCUT2D eigenvalue weighted by Crippen LogP contribution is -2.58. The van der Waals surface area contributed by atoms with Gasteiger partial charge in [-0.3, -0.25) is 14.6 Å². The summed E-state index contributed by atoms with van der Waals surface area (Å²) in [6.07, 6.45) is 3.46. The summed E-state index contributed by atoms with van der Waals surface area (Å²) >= 11 is 0. The second-order valence-electron chi connectivity index (χ2n) is 7.03. The fourth-order valence-electron chi connectivity index (χ4n) is 3.87. The molecule has 2 fully saturated rings. The van der Waals surface area contributed by atoms with Crippen molar-refractivity contribution < 1.29 is 9.90 Å². The van der Waals surface area contributed by atoms with Gasteiger partial charge in [0.25, 0.3) is 0 Å². The molecule has 0 aromatic carbocycles. The molecular weight excluding hydrogens is 266 g/mol. The fraction of sp³-hybridized carbons (Fsp3) is 0.938. The molecule has 0 spiro atoms. The van der Waals surface area contributed by atoms with Gasteiger partial charge in [0, 0.05) is 31.2 Å². The van der Waals surface area contributed by atoms with Crippen LogP contribution in [0.15, 0.2) is 0 Å². The van der Waals surface area contributed by atoms with Gasteiger partial charge in [-0.25, -0.2) is 0 Å². The van der Waals surface area contributed by atoms with Crippen LogP contribution in [0.5, 0.6) is 0 Å². The van der Waals surface area contributed by atoms with Crippen molar-refractivity contribution >= 4 is 5.97 Å². The van der Waals surface area contributed by atoms with Crippen molar-refractivity contribution in [3.63, 3.8) is 0 Å². The molecule has 5 heteroatoms. The second-order valence-corrected chi connectivity index (χ2v) is 7.03. The Bertz CT molecular complexity index is 365. The lowest BCUT2D eigenvalue weighted by atomic mass is 9.96. The average Bonchev–Trinajstić information content (AvgIpc) is 2.88. The van der Waals surface area contributed by atoms with E-state index in [4.69, 9.17) is 0 Å². The molecule has 1 heterocycles. The summed E-state index contributed by atoms with van der Waals surface area (Å²) in [5, 5.41) is 13.0. The van der Waals surface area contributed by atoms with Gasteiger partial charge in [0.1, 0.15) is 5.54 Å². The molecule has 2 aliphatic rings. The number of likely N-dealkylation sites (N-methyl/N-ethyl adjacent to an activating group) is 1. The Balaban J connectivity index is 2.02. The number of carboxylic acids is 1. The molecule has 0 aromatic rings. The van der Waals surface area contributed by atoms with Crippen LogP contribution in [0.2, 0.25) is 0 Å². The zero-order chi connectivity index (χ0) is 15.6. The molecule has 122 valence electrons. The van der Waals surface area contributed by atoms with Gasteiger partial charge in [0.2, 0.25) is 0 Å². The first-order valence-electron chi connectivity index (χ1n) is 8.34. The van der Waals surface area contributed by atoms with E-state index in [1.165, 1.54) is 0 Å². The van der Waals surface area contributed by atoms with Gasteiger partial charge in [-0.1, -0.05) is 6.92 Å². The Morgan fingerprint density at radius 2 is 1.95 bits per heavy atom. The first-order valence-corrected chi connectivity index (χ1v) is 8.34. The predicted octanol–water partition coefficient (Wildman–Crippen LogP) is 1.39. The van der Waals surface area contributed by atoms with Crippen LogP contribution in [0.1, 0.15) is 46.5 Å². The van der Waals surface area contributed by atoms with E-state index < -0.39 is 11.5 Å². The van der Waals surface area contributed by atoms with Crippen LogP contribution >= 0.6 is 0 Å². The van der Waals surface area contributed by atoms with Gasteiger partial charge < -0.3 is 10.4 Å². The van der Waals surface area contributed by atoms with Gasteiger partial charge in [-0.2, -0.15) is 0 Å². The molecule has 1 saturated carbocycles. The van der Waals surface area contributed by atoms with Gasteiger partial charge >= 0.3 is 5.97 Å². The minimum atomic E-state index is -0.698. The van der Waals surface area contributed by atoms with Crippen LogP contribution in [-0.2, 0) is 4.79 Å². The Morgan fingerprint density at radius 1 is 1.33 bits per heavy atom. The third-order valence-electron chi connectivity index (χ3n) is 5.52. The smallest absolute Gasteiger partial charge is 0.323 e. The molecule has 1 saturated heterocycles. The topological polar surface area (TPSA) is 55.8 Å². The lowest BCUT2D eigenvalue weighted by molar-refractivity contribution is -0.144. The molecule has 5 nitrogen and oxygen atoms in total. The summed E-state index contributed by atoms with van der Waals surface area (Å²) in [5.74, 6) is -0.673. The number of nitrogens with zero attached hydrogens (tertiary/aromatic N) is 2. The highest BCUT2D eigenvalue weighted by Gasteiger charge is 2.47. The highest BCUT2D eigenvalue weighted by Crippen LogP contribution is 2.35. The normalized spacial score (nSPS) is 38.8. The maximum Gasteiger partial charge on any atom is 0.323 e. The summed E-state index contributed by atoms with van der Waals surface area (Å²) in [6.45, 7) is 9.49. The Labute approximate surface area is 128 Å². The molecule has 1 aliphatic carbocycles. The summed E-state index contributed by atoms with van der Waals surface area (Å²) in [5.41, 5.74) is -0.698. The number of hydrogen-bond donors (Lipinski definition) is 2. The summed E-state index contributed by atoms with van der Waals surface area (Å²) in [4.78, 5) is 16.7. The van der Waals surface area contributed by atoms with Crippen LogP contribution in [0.4, 0.5) is 0 Å². The molecule has 4 unspecified atom stereocenters. The summed E-state index contributed by atoms with van der Waals surface area (Å²) in [7, 11) is 2.19. The second kappa shape index (κ2) is 6.63. The quantitative estimate of drug-likeness (QED) is 0.803. The van der Waals surface area contributed by atoms with E-state index in [1.54, 1.807) is 0 Å². The molecular formula is C16H31N3O2. The molecule has 0 radical (unpaired) electrons. The summed E-state index contributed by atoms with van der Waals surface area (Å²) < 4.78 is 0. The van der Waals surface area contributed by atoms with Crippen molar-refractivity contribution in [2.45, 2.75) is 70.1 Å². The molecule has 21 heavy (non-hydrogen) atoms. The maximum atomic E-state index is 11.7. The highest BCUT2D eigenvalue weighted by atomic mass is 16.4. The molecule has 2 N–H and O–H groups in total. The minimum Gasteiger partial charge on any atom is -0.480 e. The molecule has 1 aliphatic heterocycles. The van der Waals surface area contributed by atoms with Crippen LogP contribution in [-0.4, -0.2) is 71.2 Å². The first-order chi connectivity index (χ1) is 9.89. The van der Waals surface area contributed by atoms with Crippen molar-refractivity contribution in [2.24, 2.45) is 0 Å². The highest BCUT2D eigenvalue weighted by molar-refractivity contribution is 5.79. The standard InChI is InChI=1S/C16H31N3O2/c1-5-8-17-16(15(20)21)7-6-14(9-16)19-10-12(2)18(4)13(3)11-19/h12-14,17H,5-11H2,1-4H3,(H,20,21). The van der Waals surface area contributed by atoms with Crippen molar-refractivity contribution in [3.8, 4) is 0 Å². The van der Waals surface area contributed by atoms with E-state index in [1.807, 2.05) is 0 Å². The average molecular weight is 297 g/mol. The first kappa shape index (κ1) is 16.7. The van der Waals surface area contributed by atoms with Gasteiger partial charge in [-0.05, 0) is 53.1 Å². The number of carbonyl (C=O) groups is 1. The van der Waals surface area contributed by atoms with Crippen LogP contribution in [0, 0.1) is 0 Å². The number of rotatable bonds is 5. The van der Waals surface area contributed by atoms with Gasteiger partial charge in [-0.15, -0.1) is 0 Å². The van der Waals surface area contributed by atoms with E-state index in [-0.39, 0.29) is 0 Å². The van der Waals surface area contributed by atoms with E-state index in [0.717, 1.165) is 45.3 Å². The van der Waals surface area contributed by atoms with Crippen molar-refractivity contribution in [1.29, 1.82) is 0 Å². The van der Waals surface area contributed by atoms with Gasteiger partial charge in [0.05, 0.1) is 0 Å². The van der Waals surface area contributed by atoms with Gasteiger partial charge in [0.15, 0.2) is 0 Å². The van der Waals surface area contributed by atoms with E-state index in [9.17, 15) is 9.90 Å². The zero-order valence-corrected chi connectivity index (χ0v) is 13.9. The number of hydrogen-bond acceptors (Lipinski definition) is 4. The van der Waals surface area contributed by atoms with Crippen LogP contribution < -0.4 is 5.32 Å². The third kappa shape index (κ3) is 3.41. The Kier molecular flexibility index (Phi) is 5.28. The van der Waals surface area contributed by atoms with E-state index >= 15 is 0 Å². The SMILES string of the molecule is CCCNC1(C(=O)O)CCC(N2CC(C)N(C)C(C)C2)C1. The predicted molar refractivity (Wildman–Crippen MR) is 84.6 cm³/mol. The molecule has 0 aromatic heterocycles. The number of piperazine rings is 1. The Hall–Kier alpha value is -0.650. The molecule has 0 amide bonds. The third-order valence-corrected chi connectivity index (χ3v) is 5.52. The molecule has 4 atom stereocenters. The van der Waals surface area contributed by atoms with Crippen molar-refractivity contribution in [1.82, 2.24) is 15.1 Å². The maximum absolute atomic E-state index is 11.7. The zero-order valence-electron chi connectivity index (χ0n) is 13.9. The van der Waals surface area contributed by atoms with E-state index in [2.05, 4.69) is 42.9 Å². The summed E-state index contributed by atoms with van der Waals surface area (Å²) in [6, 6.07) is 1.48. The largest absolute Gasteiger partial charge is 0.480 e. The molecule has 2 rings (SSSR count).